The van der Waals surface area contributed by atoms with Gasteiger partial charge in [0.25, 0.3) is 0 Å². The Morgan fingerprint density at radius 1 is 1.52 bits per heavy atom. The molecule has 1 aromatic rings. The summed E-state index contributed by atoms with van der Waals surface area (Å²) in [5, 5.41) is 5.60. The van der Waals surface area contributed by atoms with Crippen LogP contribution in [0.1, 0.15) is 11.1 Å². The van der Waals surface area contributed by atoms with Crippen LogP contribution in [-0.4, -0.2) is 72.5 Å². The quantitative estimate of drug-likeness (QED) is 0.813. The van der Waals surface area contributed by atoms with Crippen molar-refractivity contribution in [1.82, 2.24) is 20.1 Å². The molecule has 0 radical (unpaired) electrons. The third-order valence-electron chi connectivity index (χ3n) is 3.63. The Labute approximate surface area is 126 Å². The summed E-state index contributed by atoms with van der Waals surface area (Å²) in [5.41, 5.74) is 0. The van der Waals surface area contributed by atoms with Gasteiger partial charge in [0.2, 0.25) is 11.8 Å². The molecular weight excluding hydrogens is 292 g/mol. The third-order valence-corrected chi connectivity index (χ3v) is 4.49. The number of nitrogens with one attached hydrogen (secondary N) is 1. The number of hydrogen-bond donors (Lipinski definition) is 1. The molecule has 1 aromatic heterocycles. The number of nitrogens with zero attached hydrogens (tertiary/aromatic N) is 3. The van der Waals surface area contributed by atoms with Crippen LogP contribution >= 0.6 is 11.3 Å². The van der Waals surface area contributed by atoms with Crippen LogP contribution in [0.25, 0.3) is 0 Å². The summed E-state index contributed by atoms with van der Waals surface area (Å²) in [6.07, 6.45) is 1.70. The molecule has 0 saturated carbocycles. The fraction of sp³-hybridized carbons (Fsp3) is 0.615. The van der Waals surface area contributed by atoms with Crippen molar-refractivity contribution in [2.45, 2.75) is 6.10 Å². The number of aromatic nitrogens is 1. The van der Waals surface area contributed by atoms with E-state index in [1.165, 1.54) is 0 Å². The number of amides is 2. The Hall–Kier alpha value is -1.51. The van der Waals surface area contributed by atoms with Gasteiger partial charge in [-0.05, 0) is 0 Å². The van der Waals surface area contributed by atoms with Crippen LogP contribution in [0, 0.1) is 0 Å². The first-order valence-corrected chi connectivity index (χ1v) is 7.88. The van der Waals surface area contributed by atoms with E-state index < -0.39 is 0 Å². The standard InChI is InChI=1S/C13H18N4O3S/c18-11-8-17(3-1-14-11)12(19)9-16-4-5-20-10(7-16)13-15-2-6-21-13/h2,6,10H,1,3-5,7-9H2,(H,14,18). The average Bonchev–Trinajstić information content (AvgIpc) is 3.02. The van der Waals surface area contributed by atoms with Crippen molar-refractivity contribution in [3.63, 3.8) is 0 Å². The lowest BCUT2D eigenvalue weighted by Crippen LogP contribution is -2.53. The maximum atomic E-state index is 12.3. The maximum Gasteiger partial charge on any atom is 0.239 e. The molecule has 8 heteroatoms. The SMILES string of the molecule is O=C1CN(C(=O)CN2CCOC(c3nccs3)C2)CCN1. The van der Waals surface area contributed by atoms with Crippen LogP contribution in [0.5, 0.6) is 0 Å². The second-order valence-corrected chi connectivity index (χ2v) is 6.06. The molecule has 2 amide bonds. The van der Waals surface area contributed by atoms with Crippen molar-refractivity contribution in [2.75, 3.05) is 45.9 Å². The molecule has 1 atom stereocenters. The van der Waals surface area contributed by atoms with Gasteiger partial charge in [0, 0.05) is 37.8 Å². The first-order chi connectivity index (χ1) is 10.2. The van der Waals surface area contributed by atoms with Crippen LogP contribution in [0.4, 0.5) is 0 Å². The Morgan fingerprint density at radius 2 is 2.43 bits per heavy atom. The molecule has 3 heterocycles. The summed E-state index contributed by atoms with van der Waals surface area (Å²) in [6.45, 7) is 3.61. The molecule has 2 fully saturated rings. The molecule has 0 spiro atoms. The van der Waals surface area contributed by atoms with Crippen LogP contribution < -0.4 is 5.32 Å². The number of hydrogen-bond acceptors (Lipinski definition) is 6. The number of carbonyl (C=O) groups excluding carboxylic acids is 2. The molecular formula is C13H18N4O3S. The number of morpholine rings is 1. The highest BCUT2D eigenvalue weighted by atomic mass is 32.1. The number of ether oxygens (including phenoxy) is 1. The summed E-state index contributed by atoms with van der Waals surface area (Å²) in [4.78, 5) is 31.6. The van der Waals surface area contributed by atoms with E-state index in [1.54, 1.807) is 22.4 Å². The zero-order valence-electron chi connectivity index (χ0n) is 11.7. The van der Waals surface area contributed by atoms with E-state index in [-0.39, 0.29) is 24.5 Å². The van der Waals surface area contributed by atoms with Gasteiger partial charge in [-0.25, -0.2) is 4.98 Å². The van der Waals surface area contributed by atoms with Crippen molar-refractivity contribution in [1.29, 1.82) is 0 Å². The highest BCUT2D eigenvalue weighted by Crippen LogP contribution is 2.23. The van der Waals surface area contributed by atoms with Gasteiger partial charge >= 0.3 is 0 Å². The number of thiazole rings is 1. The molecule has 0 aliphatic carbocycles. The maximum absolute atomic E-state index is 12.3. The topological polar surface area (TPSA) is 74.8 Å². The number of piperazine rings is 1. The van der Waals surface area contributed by atoms with Crippen molar-refractivity contribution in [3.8, 4) is 0 Å². The average molecular weight is 310 g/mol. The third kappa shape index (κ3) is 3.58. The summed E-state index contributed by atoms with van der Waals surface area (Å²) in [5.74, 6) is -0.0816. The summed E-state index contributed by atoms with van der Waals surface area (Å²) in [6, 6.07) is 0. The lowest BCUT2D eigenvalue weighted by molar-refractivity contribution is -0.140. The molecule has 114 valence electrons. The molecule has 0 aromatic carbocycles. The van der Waals surface area contributed by atoms with E-state index in [0.29, 0.717) is 32.8 Å². The van der Waals surface area contributed by atoms with E-state index in [4.69, 9.17) is 4.74 Å². The van der Waals surface area contributed by atoms with E-state index >= 15 is 0 Å². The van der Waals surface area contributed by atoms with Gasteiger partial charge in [0.15, 0.2) is 0 Å². The number of rotatable bonds is 3. The van der Waals surface area contributed by atoms with Gasteiger partial charge in [0.05, 0.1) is 19.7 Å². The molecule has 1 unspecified atom stereocenters. The summed E-state index contributed by atoms with van der Waals surface area (Å²) in [7, 11) is 0. The highest BCUT2D eigenvalue weighted by Gasteiger charge is 2.28. The predicted molar refractivity (Wildman–Crippen MR) is 76.8 cm³/mol. The predicted octanol–water partition coefficient (Wildman–Crippen LogP) is -0.525. The number of carbonyl (C=O) groups is 2. The van der Waals surface area contributed by atoms with Gasteiger partial charge in [-0.2, -0.15) is 0 Å². The van der Waals surface area contributed by atoms with Crippen LogP contribution in [0.15, 0.2) is 11.6 Å². The van der Waals surface area contributed by atoms with E-state index in [2.05, 4.69) is 15.2 Å². The fourth-order valence-electron chi connectivity index (χ4n) is 2.53. The zero-order valence-corrected chi connectivity index (χ0v) is 12.5. The van der Waals surface area contributed by atoms with Gasteiger partial charge in [-0.3, -0.25) is 14.5 Å². The molecule has 7 nitrogen and oxygen atoms in total. The van der Waals surface area contributed by atoms with Crippen molar-refractivity contribution >= 4 is 23.2 Å². The first kappa shape index (κ1) is 14.4. The second kappa shape index (κ2) is 6.50. The first-order valence-electron chi connectivity index (χ1n) is 7.00. The van der Waals surface area contributed by atoms with Gasteiger partial charge < -0.3 is 15.0 Å². The normalized spacial score (nSPS) is 23.9. The monoisotopic (exact) mass is 310 g/mol. The van der Waals surface area contributed by atoms with Crippen molar-refractivity contribution < 1.29 is 14.3 Å². The molecule has 2 aliphatic heterocycles. The zero-order chi connectivity index (χ0) is 14.7. The Balaban J connectivity index is 1.54. The Kier molecular flexibility index (Phi) is 4.47. The van der Waals surface area contributed by atoms with Gasteiger partial charge in [0.1, 0.15) is 11.1 Å². The van der Waals surface area contributed by atoms with Crippen LogP contribution in [0.3, 0.4) is 0 Å². The fourth-order valence-corrected chi connectivity index (χ4v) is 3.21. The summed E-state index contributed by atoms with van der Waals surface area (Å²) >= 11 is 1.57. The van der Waals surface area contributed by atoms with Gasteiger partial charge in [-0.1, -0.05) is 0 Å². The summed E-state index contributed by atoms with van der Waals surface area (Å²) < 4.78 is 5.71. The molecule has 3 rings (SSSR count). The molecule has 2 aliphatic rings. The second-order valence-electron chi connectivity index (χ2n) is 5.13. The Morgan fingerprint density at radius 3 is 3.19 bits per heavy atom. The molecule has 2 saturated heterocycles. The van der Waals surface area contributed by atoms with E-state index in [9.17, 15) is 9.59 Å². The molecule has 0 bridgehead atoms. The van der Waals surface area contributed by atoms with E-state index in [0.717, 1.165) is 11.6 Å². The van der Waals surface area contributed by atoms with Crippen molar-refractivity contribution in [3.05, 3.63) is 16.6 Å². The molecule has 1 N–H and O–H groups in total. The largest absolute Gasteiger partial charge is 0.368 e. The Bertz CT molecular complexity index is 508. The highest BCUT2D eigenvalue weighted by molar-refractivity contribution is 7.09. The van der Waals surface area contributed by atoms with Crippen molar-refractivity contribution in [2.24, 2.45) is 0 Å². The molecule has 21 heavy (non-hydrogen) atoms. The minimum atomic E-state index is -0.0859. The smallest absolute Gasteiger partial charge is 0.239 e. The van der Waals surface area contributed by atoms with Crippen LogP contribution in [-0.2, 0) is 14.3 Å². The minimum Gasteiger partial charge on any atom is -0.368 e. The van der Waals surface area contributed by atoms with Gasteiger partial charge in [-0.15, -0.1) is 11.3 Å². The van der Waals surface area contributed by atoms with Crippen LogP contribution in [0.2, 0.25) is 0 Å². The lowest BCUT2D eigenvalue weighted by atomic mass is 10.2. The minimum absolute atomic E-state index is 0.00430. The van der Waals surface area contributed by atoms with E-state index in [1.807, 2.05) is 5.38 Å². The lowest BCUT2D eigenvalue weighted by Gasteiger charge is -2.34.